The predicted molar refractivity (Wildman–Crippen MR) is 111 cm³/mol. The van der Waals surface area contributed by atoms with E-state index in [9.17, 15) is 9.18 Å². The molecule has 4 rings (SSSR count). The quantitative estimate of drug-likeness (QED) is 0.729. The Labute approximate surface area is 168 Å². The van der Waals surface area contributed by atoms with E-state index >= 15 is 0 Å². The summed E-state index contributed by atoms with van der Waals surface area (Å²) < 4.78 is 19.3. The highest BCUT2D eigenvalue weighted by Crippen LogP contribution is 2.23. The highest BCUT2D eigenvalue weighted by molar-refractivity contribution is 6.12. The molecule has 150 valence electrons. The van der Waals surface area contributed by atoms with Crippen molar-refractivity contribution in [3.05, 3.63) is 59.7 Å². The van der Waals surface area contributed by atoms with E-state index in [-0.39, 0.29) is 23.9 Å². The van der Waals surface area contributed by atoms with Crippen molar-refractivity contribution in [2.24, 2.45) is 0 Å². The van der Waals surface area contributed by atoms with Crippen LogP contribution in [0.5, 0.6) is 0 Å². The van der Waals surface area contributed by atoms with E-state index < -0.39 is 0 Å². The normalized spacial score (nSPS) is 19.4. The Morgan fingerprint density at radius 3 is 2.62 bits per heavy atom. The van der Waals surface area contributed by atoms with Gasteiger partial charge in [0.2, 0.25) is 0 Å². The highest BCUT2D eigenvalue weighted by atomic mass is 19.1. The van der Waals surface area contributed by atoms with Gasteiger partial charge in [0.1, 0.15) is 11.6 Å². The third kappa shape index (κ3) is 4.19. The fourth-order valence-electron chi connectivity index (χ4n) is 3.73. The zero-order chi connectivity index (χ0) is 20.5. The van der Waals surface area contributed by atoms with Crippen molar-refractivity contribution in [3.63, 3.8) is 0 Å². The van der Waals surface area contributed by atoms with E-state index in [1.807, 2.05) is 26.0 Å². The molecule has 0 aliphatic carbocycles. The topological polar surface area (TPSA) is 67.4 Å². The van der Waals surface area contributed by atoms with Gasteiger partial charge < -0.3 is 15.0 Å². The number of halogens is 1. The SMILES string of the molecule is Cc1cc(C(=O)Nc2ccc(N3CC(C)OC(C)C3)nc2)c2ccc(F)cc2n1. The lowest BCUT2D eigenvalue weighted by Crippen LogP contribution is -2.45. The summed E-state index contributed by atoms with van der Waals surface area (Å²) in [6.07, 6.45) is 1.94. The fourth-order valence-corrected chi connectivity index (χ4v) is 3.73. The van der Waals surface area contributed by atoms with Gasteiger partial charge in [-0.15, -0.1) is 0 Å². The van der Waals surface area contributed by atoms with Crippen LogP contribution >= 0.6 is 0 Å². The lowest BCUT2D eigenvalue weighted by Gasteiger charge is -2.36. The first-order valence-corrected chi connectivity index (χ1v) is 9.64. The summed E-state index contributed by atoms with van der Waals surface area (Å²) in [5.74, 6) is 0.189. The number of morpholine rings is 1. The van der Waals surface area contributed by atoms with Crippen LogP contribution in [0.15, 0.2) is 42.6 Å². The average molecular weight is 394 g/mol. The Balaban J connectivity index is 1.54. The zero-order valence-electron chi connectivity index (χ0n) is 16.6. The zero-order valence-corrected chi connectivity index (χ0v) is 16.6. The summed E-state index contributed by atoms with van der Waals surface area (Å²) in [5, 5.41) is 3.48. The molecule has 7 heteroatoms. The number of carbonyl (C=O) groups is 1. The number of nitrogens with zero attached hydrogens (tertiary/aromatic N) is 3. The molecule has 0 radical (unpaired) electrons. The average Bonchev–Trinajstić information content (AvgIpc) is 2.66. The highest BCUT2D eigenvalue weighted by Gasteiger charge is 2.23. The Morgan fingerprint density at radius 1 is 1.17 bits per heavy atom. The van der Waals surface area contributed by atoms with Gasteiger partial charge >= 0.3 is 0 Å². The minimum atomic E-state index is -0.381. The molecule has 1 saturated heterocycles. The molecule has 0 saturated carbocycles. The molecular formula is C22H23FN4O2. The Morgan fingerprint density at radius 2 is 1.93 bits per heavy atom. The molecule has 1 aliphatic rings. The third-order valence-electron chi connectivity index (χ3n) is 4.89. The number of fused-ring (bicyclic) bond motifs is 1. The van der Waals surface area contributed by atoms with Gasteiger partial charge in [0.05, 0.1) is 35.2 Å². The van der Waals surface area contributed by atoms with Gasteiger partial charge in [-0.2, -0.15) is 0 Å². The molecule has 1 aromatic carbocycles. The number of rotatable bonds is 3. The first-order valence-electron chi connectivity index (χ1n) is 9.64. The van der Waals surface area contributed by atoms with Gasteiger partial charge in [0.15, 0.2) is 0 Å². The van der Waals surface area contributed by atoms with Crippen LogP contribution in [0.1, 0.15) is 29.9 Å². The molecule has 1 N–H and O–H groups in total. The minimum absolute atomic E-state index is 0.146. The Kier molecular flexibility index (Phi) is 5.15. The number of aryl methyl sites for hydroxylation is 1. The van der Waals surface area contributed by atoms with E-state index in [2.05, 4.69) is 20.2 Å². The van der Waals surface area contributed by atoms with Crippen LogP contribution in [0, 0.1) is 12.7 Å². The van der Waals surface area contributed by atoms with Crippen LogP contribution in [0.25, 0.3) is 10.9 Å². The second kappa shape index (κ2) is 7.75. The maximum absolute atomic E-state index is 13.5. The lowest BCUT2D eigenvalue weighted by atomic mass is 10.1. The van der Waals surface area contributed by atoms with E-state index in [1.54, 1.807) is 25.3 Å². The molecule has 2 atom stereocenters. The van der Waals surface area contributed by atoms with E-state index in [1.165, 1.54) is 12.1 Å². The van der Waals surface area contributed by atoms with Crippen LogP contribution in [-0.4, -0.2) is 41.2 Å². The van der Waals surface area contributed by atoms with Crippen LogP contribution < -0.4 is 10.2 Å². The molecule has 6 nitrogen and oxygen atoms in total. The first kappa shape index (κ1) is 19.3. The van der Waals surface area contributed by atoms with Crippen molar-refractivity contribution < 1.29 is 13.9 Å². The second-order valence-electron chi connectivity index (χ2n) is 7.49. The Bertz CT molecular complexity index is 1040. The number of amides is 1. The van der Waals surface area contributed by atoms with Gasteiger partial charge in [0.25, 0.3) is 5.91 Å². The maximum atomic E-state index is 13.5. The van der Waals surface area contributed by atoms with Crippen LogP contribution in [0.2, 0.25) is 0 Å². The number of anilines is 2. The number of carbonyl (C=O) groups excluding carboxylic acids is 1. The van der Waals surface area contributed by atoms with Crippen molar-refractivity contribution in [2.45, 2.75) is 33.0 Å². The number of benzene rings is 1. The number of hydrogen-bond donors (Lipinski definition) is 1. The summed E-state index contributed by atoms with van der Waals surface area (Å²) in [6.45, 7) is 7.43. The smallest absolute Gasteiger partial charge is 0.256 e. The van der Waals surface area contributed by atoms with E-state index in [0.29, 0.717) is 27.8 Å². The van der Waals surface area contributed by atoms with Crippen molar-refractivity contribution in [3.8, 4) is 0 Å². The standard InChI is InChI=1S/C22H23FN4O2/c1-13-8-19(18-6-4-16(23)9-20(18)25-13)22(28)26-17-5-7-21(24-10-17)27-11-14(2)29-15(3)12-27/h4-10,14-15H,11-12H2,1-3H3,(H,26,28). The molecule has 1 fully saturated rings. The van der Waals surface area contributed by atoms with E-state index in [0.717, 1.165) is 18.9 Å². The molecule has 3 heterocycles. The fraction of sp³-hybridized carbons (Fsp3) is 0.318. The summed E-state index contributed by atoms with van der Waals surface area (Å²) in [4.78, 5) is 23.8. The third-order valence-corrected chi connectivity index (χ3v) is 4.89. The molecule has 0 bridgehead atoms. The minimum Gasteiger partial charge on any atom is -0.372 e. The van der Waals surface area contributed by atoms with Crippen molar-refractivity contribution in [2.75, 3.05) is 23.3 Å². The molecule has 3 aromatic rings. The molecule has 1 aliphatic heterocycles. The monoisotopic (exact) mass is 394 g/mol. The van der Waals surface area contributed by atoms with Gasteiger partial charge in [-0.25, -0.2) is 9.37 Å². The van der Waals surface area contributed by atoms with Crippen molar-refractivity contribution in [1.82, 2.24) is 9.97 Å². The van der Waals surface area contributed by atoms with Gasteiger partial charge in [-0.1, -0.05) is 0 Å². The maximum Gasteiger partial charge on any atom is 0.256 e. The molecule has 2 aromatic heterocycles. The van der Waals surface area contributed by atoms with Crippen LogP contribution in [0.4, 0.5) is 15.9 Å². The lowest BCUT2D eigenvalue weighted by molar-refractivity contribution is -0.00545. The van der Waals surface area contributed by atoms with E-state index in [4.69, 9.17) is 4.74 Å². The predicted octanol–water partition coefficient (Wildman–Crippen LogP) is 3.94. The molecule has 1 amide bonds. The number of pyridine rings is 2. The number of hydrogen-bond acceptors (Lipinski definition) is 5. The number of aromatic nitrogens is 2. The first-order chi connectivity index (χ1) is 13.9. The van der Waals surface area contributed by atoms with Crippen molar-refractivity contribution >= 4 is 28.3 Å². The Hall–Kier alpha value is -3.06. The molecular weight excluding hydrogens is 371 g/mol. The van der Waals surface area contributed by atoms with Gasteiger partial charge in [-0.05, 0) is 51.1 Å². The summed E-state index contributed by atoms with van der Waals surface area (Å²) in [5.41, 5.74) is 2.15. The molecule has 29 heavy (non-hydrogen) atoms. The van der Waals surface area contributed by atoms with Crippen molar-refractivity contribution in [1.29, 1.82) is 0 Å². The summed E-state index contributed by atoms with van der Waals surface area (Å²) in [7, 11) is 0. The molecule has 2 unspecified atom stereocenters. The summed E-state index contributed by atoms with van der Waals surface area (Å²) in [6, 6.07) is 9.67. The van der Waals surface area contributed by atoms with Gasteiger partial charge in [-0.3, -0.25) is 9.78 Å². The second-order valence-corrected chi connectivity index (χ2v) is 7.49. The number of ether oxygens (including phenoxy) is 1. The summed E-state index contributed by atoms with van der Waals surface area (Å²) >= 11 is 0. The van der Waals surface area contributed by atoms with Crippen LogP contribution in [-0.2, 0) is 4.74 Å². The van der Waals surface area contributed by atoms with Gasteiger partial charge in [0, 0.05) is 30.2 Å². The molecule has 0 spiro atoms. The number of nitrogens with one attached hydrogen (secondary N) is 1. The largest absolute Gasteiger partial charge is 0.372 e. The van der Waals surface area contributed by atoms with Crippen LogP contribution in [0.3, 0.4) is 0 Å².